The SMILES string of the molecule is CCCCc1sc2ccc(Cl)cc2c1OC(C)=O. The van der Waals surface area contributed by atoms with Crippen LogP contribution in [0.25, 0.3) is 10.1 Å². The van der Waals surface area contributed by atoms with Gasteiger partial charge in [0, 0.05) is 26.9 Å². The topological polar surface area (TPSA) is 26.3 Å². The maximum Gasteiger partial charge on any atom is 0.308 e. The number of carbonyl (C=O) groups excluding carboxylic acids is 1. The van der Waals surface area contributed by atoms with Gasteiger partial charge in [0.2, 0.25) is 0 Å². The second-order valence-electron chi connectivity index (χ2n) is 4.19. The van der Waals surface area contributed by atoms with Gasteiger partial charge >= 0.3 is 5.97 Å². The minimum absolute atomic E-state index is 0.285. The van der Waals surface area contributed by atoms with E-state index in [4.69, 9.17) is 16.3 Å². The van der Waals surface area contributed by atoms with Crippen LogP contribution in [0.5, 0.6) is 5.75 Å². The normalized spacial score (nSPS) is 10.8. The molecule has 0 atom stereocenters. The van der Waals surface area contributed by atoms with Gasteiger partial charge in [-0.05, 0) is 31.0 Å². The zero-order valence-corrected chi connectivity index (χ0v) is 12.0. The third-order valence-electron chi connectivity index (χ3n) is 2.68. The zero-order valence-electron chi connectivity index (χ0n) is 10.5. The first-order valence-electron chi connectivity index (χ1n) is 6.01. The Labute approximate surface area is 116 Å². The average Bonchev–Trinajstić information content (AvgIpc) is 2.64. The number of hydrogen-bond donors (Lipinski definition) is 0. The van der Waals surface area contributed by atoms with Crippen molar-refractivity contribution in [2.75, 3.05) is 0 Å². The molecule has 4 heteroatoms. The molecule has 96 valence electrons. The van der Waals surface area contributed by atoms with E-state index in [1.54, 1.807) is 11.3 Å². The van der Waals surface area contributed by atoms with E-state index in [0.29, 0.717) is 10.8 Å². The Hall–Kier alpha value is -1.06. The highest BCUT2D eigenvalue weighted by Crippen LogP contribution is 2.40. The number of ether oxygens (including phenoxy) is 1. The van der Waals surface area contributed by atoms with Gasteiger partial charge in [-0.2, -0.15) is 0 Å². The second-order valence-corrected chi connectivity index (χ2v) is 5.77. The maximum absolute atomic E-state index is 11.2. The smallest absolute Gasteiger partial charge is 0.308 e. The van der Waals surface area contributed by atoms with Crippen molar-refractivity contribution in [2.45, 2.75) is 33.1 Å². The monoisotopic (exact) mass is 282 g/mol. The van der Waals surface area contributed by atoms with Crippen LogP contribution in [0.2, 0.25) is 5.02 Å². The molecule has 18 heavy (non-hydrogen) atoms. The first kappa shape index (κ1) is 13.4. The molecule has 2 nitrogen and oxygen atoms in total. The number of thiophene rings is 1. The van der Waals surface area contributed by atoms with Crippen molar-refractivity contribution in [3.8, 4) is 5.75 Å². The lowest BCUT2D eigenvalue weighted by Crippen LogP contribution is -2.02. The summed E-state index contributed by atoms with van der Waals surface area (Å²) in [5.41, 5.74) is 0. The molecule has 0 fully saturated rings. The van der Waals surface area contributed by atoms with E-state index in [-0.39, 0.29) is 5.97 Å². The summed E-state index contributed by atoms with van der Waals surface area (Å²) in [6.45, 7) is 3.58. The summed E-state index contributed by atoms with van der Waals surface area (Å²) in [6, 6.07) is 5.70. The quantitative estimate of drug-likeness (QED) is 0.751. The molecular weight excluding hydrogens is 268 g/mol. The van der Waals surface area contributed by atoms with Crippen molar-refractivity contribution in [2.24, 2.45) is 0 Å². The van der Waals surface area contributed by atoms with Crippen LogP contribution in [0.3, 0.4) is 0 Å². The molecule has 0 aliphatic carbocycles. The van der Waals surface area contributed by atoms with Gasteiger partial charge < -0.3 is 4.74 Å². The van der Waals surface area contributed by atoms with Crippen LogP contribution in [0.15, 0.2) is 18.2 Å². The summed E-state index contributed by atoms with van der Waals surface area (Å²) >= 11 is 7.68. The van der Waals surface area contributed by atoms with Gasteiger partial charge in [0.25, 0.3) is 0 Å². The molecule has 0 spiro atoms. The molecule has 1 aromatic heterocycles. The molecule has 0 unspecified atom stereocenters. The fourth-order valence-electron chi connectivity index (χ4n) is 1.86. The largest absolute Gasteiger partial charge is 0.425 e. The lowest BCUT2D eigenvalue weighted by molar-refractivity contribution is -0.131. The standard InChI is InChI=1S/C14H15ClO2S/c1-3-4-5-13-14(17-9(2)16)11-8-10(15)6-7-12(11)18-13/h6-8H,3-5H2,1-2H3. The summed E-state index contributed by atoms with van der Waals surface area (Å²) in [5.74, 6) is 0.408. The molecule has 0 saturated carbocycles. The van der Waals surface area contributed by atoms with Crippen molar-refractivity contribution in [3.05, 3.63) is 28.1 Å². The number of unbranched alkanes of at least 4 members (excludes halogenated alkanes) is 1. The highest BCUT2D eigenvalue weighted by Gasteiger charge is 2.15. The van der Waals surface area contributed by atoms with Crippen molar-refractivity contribution in [3.63, 3.8) is 0 Å². The van der Waals surface area contributed by atoms with E-state index >= 15 is 0 Å². The number of halogens is 1. The summed E-state index contributed by atoms with van der Waals surface area (Å²) in [6.07, 6.45) is 3.15. The van der Waals surface area contributed by atoms with Gasteiger partial charge in [0.1, 0.15) is 0 Å². The zero-order chi connectivity index (χ0) is 13.1. The van der Waals surface area contributed by atoms with Crippen LogP contribution in [-0.2, 0) is 11.2 Å². The minimum Gasteiger partial charge on any atom is -0.425 e. The van der Waals surface area contributed by atoms with Gasteiger partial charge in [-0.3, -0.25) is 4.79 Å². The predicted molar refractivity (Wildman–Crippen MR) is 76.8 cm³/mol. The maximum atomic E-state index is 11.2. The molecule has 1 heterocycles. The predicted octanol–water partition coefficient (Wildman–Crippen LogP) is 4.82. The average molecular weight is 283 g/mol. The van der Waals surface area contributed by atoms with Gasteiger partial charge in [0.05, 0.1) is 0 Å². The summed E-state index contributed by atoms with van der Waals surface area (Å²) in [7, 11) is 0. The minimum atomic E-state index is -0.285. The first-order chi connectivity index (χ1) is 8.61. The number of aryl methyl sites for hydroxylation is 1. The number of benzene rings is 1. The Morgan fingerprint density at radius 2 is 2.22 bits per heavy atom. The van der Waals surface area contributed by atoms with E-state index in [2.05, 4.69) is 6.92 Å². The molecule has 0 amide bonds. The third-order valence-corrected chi connectivity index (χ3v) is 4.12. The second kappa shape index (κ2) is 5.72. The van der Waals surface area contributed by atoms with E-state index < -0.39 is 0 Å². The highest BCUT2D eigenvalue weighted by molar-refractivity contribution is 7.19. The molecule has 0 radical (unpaired) electrons. The van der Waals surface area contributed by atoms with Crippen molar-refractivity contribution >= 4 is 39.0 Å². The molecule has 1 aromatic carbocycles. The molecule has 2 aromatic rings. The van der Waals surface area contributed by atoms with Gasteiger partial charge in [-0.15, -0.1) is 11.3 Å². The fraction of sp³-hybridized carbons (Fsp3) is 0.357. The Bertz CT molecular complexity index is 574. The summed E-state index contributed by atoms with van der Waals surface area (Å²) in [4.78, 5) is 12.3. The Kier molecular flexibility index (Phi) is 4.25. The molecule has 2 rings (SSSR count). The molecule has 0 saturated heterocycles. The highest BCUT2D eigenvalue weighted by atomic mass is 35.5. The molecule has 0 N–H and O–H groups in total. The number of hydrogen-bond acceptors (Lipinski definition) is 3. The van der Waals surface area contributed by atoms with Crippen LogP contribution >= 0.6 is 22.9 Å². The number of fused-ring (bicyclic) bond motifs is 1. The summed E-state index contributed by atoms with van der Waals surface area (Å²) in [5, 5.41) is 1.60. The fourth-order valence-corrected chi connectivity index (χ4v) is 3.18. The number of rotatable bonds is 4. The molecule has 0 aliphatic heterocycles. The van der Waals surface area contributed by atoms with Gasteiger partial charge in [-0.1, -0.05) is 24.9 Å². The number of carbonyl (C=O) groups is 1. The van der Waals surface area contributed by atoms with Gasteiger partial charge in [-0.25, -0.2) is 0 Å². The molecular formula is C14H15ClO2S. The number of esters is 1. The Morgan fingerprint density at radius 1 is 1.44 bits per heavy atom. The Morgan fingerprint density at radius 3 is 2.89 bits per heavy atom. The van der Waals surface area contributed by atoms with Crippen molar-refractivity contribution < 1.29 is 9.53 Å². The van der Waals surface area contributed by atoms with Crippen LogP contribution in [0.1, 0.15) is 31.6 Å². The van der Waals surface area contributed by atoms with E-state index in [0.717, 1.165) is 34.2 Å². The molecule has 0 aliphatic rings. The van der Waals surface area contributed by atoms with Crippen molar-refractivity contribution in [1.29, 1.82) is 0 Å². The summed E-state index contributed by atoms with van der Waals surface area (Å²) < 4.78 is 6.48. The van der Waals surface area contributed by atoms with Gasteiger partial charge in [0.15, 0.2) is 5.75 Å². The molecule has 0 bridgehead atoms. The Balaban J connectivity index is 2.50. The van der Waals surface area contributed by atoms with Crippen LogP contribution in [0.4, 0.5) is 0 Å². The lowest BCUT2D eigenvalue weighted by atomic mass is 10.2. The van der Waals surface area contributed by atoms with E-state index in [1.165, 1.54) is 6.92 Å². The van der Waals surface area contributed by atoms with E-state index in [9.17, 15) is 4.79 Å². The van der Waals surface area contributed by atoms with Crippen LogP contribution < -0.4 is 4.74 Å². The van der Waals surface area contributed by atoms with Crippen LogP contribution in [-0.4, -0.2) is 5.97 Å². The first-order valence-corrected chi connectivity index (χ1v) is 7.20. The third kappa shape index (κ3) is 2.85. The van der Waals surface area contributed by atoms with Crippen molar-refractivity contribution in [1.82, 2.24) is 0 Å². The van der Waals surface area contributed by atoms with Crippen LogP contribution in [0, 0.1) is 0 Å². The van der Waals surface area contributed by atoms with E-state index in [1.807, 2.05) is 18.2 Å². The lowest BCUT2D eigenvalue weighted by Gasteiger charge is -2.03.